The van der Waals surface area contributed by atoms with Gasteiger partial charge < -0.3 is 26.4 Å². The molecule has 0 atom stereocenters. The van der Waals surface area contributed by atoms with E-state index in [2.05, 4.69) is 5.32 Å². The standard InChI is InChI=1S/C14H12N2O5/c15-7-4-5-8(14(20)21)10(6-7)16-13(19)9-2-1-3-11(17)12(9)18/h1-6,17-18H,15H2,(H,16,19)(H,20,21). The maximum atomic E-state index is 12.1. The van der Waals surface area contributed by atoms with Crippen LogP contribution in [0.2, 0.25) is 0 Å². The van der Waals surface area contributed by atoms with E-state index in [9.17, 15) is 19.8 Å². The minimum absolute atomic E-state index is 0.00440. The van der Waals surface area contributed by atoms with Gasteiger partial charge >= 0.3 is 5.97 Å². The summed E-state index contributed by atoms with van der Waals surface area (Å²) in [5.41, 5.74) is 5.50. The summed E-state index contributed by atoms with van der Waals surface area (Å²) in [6.45, 7) is 0. The summed E-state index contributed by atoms with van der Waals surface area (Å²) < 4.78 is 0. The molecule has 0 aliphatic carbocycles. The molecule has 2 aromatic rings. The van der Waals surface area contributed by atoms with Gasteiger partial charge in [-0.2, -0.15) is 0 Å². The smallest absolute Gasteiger partial charge is 0.337 e. The van der Waals surface area contributed by atoms with Crippen LogP contribution in [0.5, 0.6) is 11.5 Å². The molecular weight excluding hydrogens is 276 g/mol. The summed E-state index contributed by atoms with van der Waals surface area (Å²) in [6, 6.07) is 7.83. The second kappa shape index (κ2) is 5.41. The number of phenolic OH excluding ortho intramolecular Hbond substituents is 2. The maximum absolute atomic E-state index is 12.1. The van der Waals surface area contributed by atoms with Crippen molar-refractivity contribution in [3.05, 3.63) is 47.5 Å². The van der Waals surface area contributed by atoms with E-state index in [0.717, 1.165) is 0 Å². The predicted molar refractivity (Wildman–Crippen MR) is 75.5 cm³/mol. The van der Waals surface area contributed by atoms with Gasteiger partial charge in [-0.3, -0.25) is 4.79 Å². The number of rotatable bonds is 3. The molecule has 6 N–H and O–H groups in total. The lowest BCUT2D eigenvalue weighted by molar-refractivity contribution is 0.0698. The number of amides is 1. The van der Waals surface area contributed by atoms with Crippen LogP contribution in [0.15, 0.2) is 36.4 Å². The number of carboxylic acids is 1. The molecule has 7 heteroatoms. The molecule has 0 spiro atoms. The first kappa shape index (κ1) is 14.2. The number of para-hydroxylation sites is 1. The fourth-order valence-corrected chi connectivity index (χ4v) is 1.76. The largest absolute Gasteiger partial charge is 0.504 e. The summed E-state index contributed by atoms with van der Waals surface area (Å²) in [5, 5.41) is 30.4. The first-order valence-corrected chi connectivity index (χ1v) is 5.85. The molecule has 2 aromatic carbocycles. The zero-order chi connectivity index (χ0) is 15.6. The molecule has 0 unspecified atom stereocenters. The van der Waals surface area contributed by atoms with Gasteiger partial charge in [-0.1, -0.05) is 6.07 Å². The number of hydrogen-bond acceptors (Lipinski definition) is 5. The molecule has 0 fully saturated rings. The van der Waals surface area contributed by atoms with Crippen LogP contribution in [0.3, 0.4) is 0 Å². The van der Waals surface area contributed by atoms with Gasteiger partial charge in [0.2, 0.25) is 0 Å². The van der Waals surface area contributed by atoms with Crippen molar-refractivity contribution in [2.75, 3.05) is 11.1 Å². The summed E-state index contributed by atoms with van der Waals surface area (Å²) >= 11 is 0. The van der Waals surface area contributed by atoms with Crippen LogP contribution in [-0.2, 0) is 0 Å². The lowest BCUT2D eigenvalue weighted by atomic mass is 10.1. The van der Waals surface area contributed by atoms with Gasteiger partial charge in [-0.15, -0.1) is 0 Å². The van der Waals surface area contributed by atoms with Crippen molar-refractivity contribution in [1.29, 1.82) is 0 Å². The van der Waals surface area contributed by atoms with E-state index in [0.29, 0.717) is 0 Å². The molecule has 0 aliphatic rings. The monoisotopic (exact) mass is 288 g/mol. The van der Waals surface area contributed by atoms with E-state index in [1.165, 1.54) is 36.4 Å². The molecular formula is C14H12N2O5. The quantitative estimate of drug-likeness (QED) is 0.430. The number of aromatic carboxylic acids is 1. The predicted octanol–water partition coefficient (Wildman–Crippen LogP) is 1.63. The van der Waals surface area contributed by atoms with Crippen LogP contribution in [0.4, 0.5) is 11.4 Å². The van der Waals surface area contributed by atoms with Gasteiger partial charge in [-0.05, 0) is 30.3 Å². The normalized spacial score (nSPS) is 10.1. The molecule has 108 valence electrons. The number of anilines is 2. The minimum atomic E-state index is -1.23. The highest BCUT2D eigenvalue weighted by Crippen LogP contribution is 2.29. The topological polar surface area (TPSA) is 133 Å². The molecule has 0 radical (unpaired) electrons. The van der Waals surface area contributed by atoms with Crippen molar-refractivity contribution in [3.8, 4) is 11.5 Å². The molecule has 2 rings (SSSR count). The first-order chi connectivity index (χ1) is 9.90. The molecule has 0 heterocycles. The van der Waals surface area contributed by atoms with Crippen molar-refractivity contribution in [1.82, 2.24) is 0 Å². The fraction of sp³-hybridized carbons (Fsp3) is 0. The Morgan fingerprint density at radius 1 is 1.05 bits per heavy atom. The van der Waals surface area contributed by atoms with Gasteiger partial charge in [-0.25, -0.2) is 4.79 Å². The second-order valence-corrected chi connectivity index (χ2v) is 4.24. The van der Waals surface area contributed by atoms with Crippen LogP contribution in [0.1, 0.15) is 20.7 Å². The third-order valence-corrected chi connectivity index (χ3v) is 2.78. The Morgan fingerprint density at radius 3 is 2.43 bits per heavy atom. The molecule has 0 saturated carbocycles. The summed E-state index contributed by atoms with van der Waals surface area (Å²) in [5.74, 6) is -3.04. The third-order valence-electron chi connectivity index (χ3n) is 2.78. The number of phenols is 2. The molecule has 0 bridgehead atoms. The Morgan fingerprint density at radius 2 is 1.76 bits per heavy atom. The second-order valence-electron chi connectivity index (χ2n) is 4.24. The third kappa shape index (κ3) is 2.86. The van der Waals surface area contributed by atoms with E-state index < -0.39 is 23.4 Å². The van der Waals surface area contributed by atoms with E-state index in [1.807, 2.05) is 0 Å². The lowest BCUT2D eigenvalue weighted by Crippen LogP contribution is -2.15. The van der Waals surface area contributed by atoms with Crippen molar-refractivity contribution in [2.24, 2.45) is 0 Å². The van der Waals surface area contributed by atoms with Crippen molar-refractivity contribution in [3.63, 3.8) is 0 Å². The van der Waals surface area contributed by atoms with Crippen LogP contribution in [0.25, 0.3) is 0 Å². The zero-order valence-corrected chi connectivity index (χ0v) is 10.7. The average Bonchev–Trinajstić information content (AvgIpc) is 2.41. The molecule has 0 aromatic heterocycles. The Kier molecular flexibility index (Phi) is 3.66. The Hall–Kier alpha value is -3.22. The number of aromatic hydroxyl groups is 2. The first-order valence-electron chi connectivity index (χ1n) is 5.85. The number of nitrogen functional groups attached to an aromatic ring is 1. The molecule has 0 aliphatic heterocycles. The maximum Gasteiger partial charge on any atom is 0.337 e. The lowest BCUT2D eigenvalue weighted by Gasteiger charge is -2.10. The molecule has 0 saturated heterocycles. The number of nitrogens with two attached hydrogens (primary N) is 1. The molecule has 7 nitrogen and oxygen atoms in total. The van der Waals surface area contributed by atoms with E-state index >= 15 is 0 Å². The highest BCUT2D eigenvalue weighted by atomic mass is 16.4. The van der Waals surface area contributed by atoms with Gasteiger partial charge in [0.1, 0.15) is 0 Å². The Bertz CT molecular complexity index is 727. The highest BCUT2D eigenvalue weighted by Gasteiger charge is 2.17. The van der Waals surface area contributed by atoms with Crippen LogP contribution >= 0.6 is 0 Å². The molecule has 21 heavy (non-hydrogen) atoms. The Labute approximate surface area is 119 Å². The van der Waals surface area contributed by atoms with Crippen LogP contribution in [0, 0.1) is 0 Å². The van der Waals surface area contributed by atoms with E-state index in [1.54, 1.807) is 0 Å². The zero-order valence-electron chi connectivity index (χ0n) is 10.7. The highest BCUT2D eigenvalue weighted by molar-refractivity contribution is 6.09. The Balaban J connectivity index is 2.38. The number of benzene rings is 2. The van der Waals surface area contributed by atoms with E-state index in [4.69, 9.17) is 10.8 Å². The van der Waals surface area contributed by atoms with Gasteiger partial charge in [0.25, 0.3) is 5.91 Å². The van der Waals surface area contributed by atoms with Crippen molar-refractivity contribution >= 4 is 23.3 Å². The number of nitrogens with one attached hydrogen (secondary N) is 1. The fourth-order valence-electron chi connectivity index (χ4n) is 1.76. The van der Waals surface area contributed by atoms with Gasteiger partial charge in [0.15, 0.2) is 11.5 Å². The number of hydrogen-bond donors (Lipinski definition) is 5. The SMILES string of the molecule is Nc1ccc(C(=O)O)c(NC(=O)c2cccc(O)c2O)c1. The van der Waals surface area contributed by atoms with E-state index in [-0.39, 0.29) is 22.5 Å². The van der Waals surface area contributed by atoms with Gasteiger partial charge in [0, 0.05) is 5.69 Å². The summed E-state index contributed by atoms with van der Waals surface area (Å²) in [7, 11) is 0. The van der Waals surface area contributed by atoms with Crippen LogP contribution < -0.4 is 11.1 Å². The minimum Gasteiger partial charge on any atom is -0.504 e. The van der Waals surface area contributed by atoms with Crippen molar-refractivity contribution in [2.45, 2.75) is 0 Å². The average molecular weight is 288 g/mol. The number of carboxylic acid groups (broad SMARTS) is 1. The number of carbonyl (C=O) groups excluding carboxylic acids is 1. The summed E-state index contributed by atoms with van der Waals surface area (Å²) in [6.07, 6.45) is 0. The molecule has 1 amide bonds. The van der Waals surface area contributed by atoms with Crippen molar-refractivity contribution < 1.29 is 24.9 Å². The van der Waals surface area contributed by atoms with Gasteiger partial charge in [0.05, 0.1) is 16.8 Å². The van der Waals surface area contributed by atoms with Crippen LogP contribution in [-0.4, -0.2) is 27.2 Å². The number of carbonyl (C=O) groups is 2. The summed E-state index contributed by atoms with van der Waals surface area (Å²) in [4.78, 5) is 23.1.